The number of benzene rings is 2. The van der Waals surface area contributed by atoms with Gasteiger partial charge < -0.3 is 14.1 Å². The molecular formula is C23H17Cl2N3O3. The van der Waals surface area contributed by atoms with Crippen molar-refractivity contribution in [1.29, 1.82) is 0 Å². The van der Waals surface area contributed by atoms with E-state index in [2.05, 4.69) is 10.2 Å². The molecule has 1 aliphatic rings. The van der Waals surface area contributed by atoms with Crippen molar-refractivity contribution in [2.75, 3.05) is 7.11 Å². The minimum absolute atomic E-state index is 0.172. The smallest absolute Gasteiger partial charge is 0.273 e. The van der Waals surface area contributed by atoms with Gasteiger partial charge in [0, 0.05) is 21.2 Å². The first-order chi connectivity index (χ1) is 15.1. The van der Waals surface area contributed by atoms with Crippen molar-refractivity contribution in [3.63, 3.8) is 0 Å². The van der Waals surface area contributed by atoms with E-state index in [1.165, 1.54) is 0 Å². The number of hydrogen-bond acceptors (Lipinski definition) is 4. The molecule has 31 heavy (non-hydrogen) atoms. The number of nitrogens with zero attached hydrogens (tertiary/aromatic N) is 2. The molecule has 2 aromatic carbocycles. The van der Waals surface area contributed by atoms with Crippen LogP contribution in [0.15, 0.2) is 65.3 Å². The zero-order chi connectivity index (χ0) is 21.5. The summed E-state index contributed by atoms with van der Waals surface area (Å²) in [6.45, 7) is 0.292. The first-order valence-electron chi connectivity index (χ1n) is 9.58. The Kier molecular flexibility index (Phi) is 4.96. The van der Waals surface area contributed by atoms with Crippen LogP contribution in [0.4, 0.5) is 0 Å². The number of H-pyrrole nitrogens is 1. The number of fused-ring (bicyclic) bond motifs is 1. The Bertz CT molecular complexity index is 1250. The second-order valence-electron chi connectivity index (χ2n) is 7.17. The molecule has 0 saturated heterocycles. The van der Waals surface area contributed by atoms with Gasteiger partial charge >= 0.3 is 0 Å². The number of ether oxygens (including phenoxy) is 1. The standard InChI is InChI=1S/C23H17Cl2N3O3/c1-30-15-7-4-13(5-8-15)20-19-21(27-26-20)23(29)28(12-16-3-2-10-31-16)22(19)17-9-6-14(24)11-18(17)25/h2-11,22H,12H2,1H3,(H,26,27). The van der Waals surface area contributed by atoms with E-state index >= 15 is 0 Å². The van der Waals surface area contributed by atoms with Gasteiger partial charge in [0.2, 0.25) is 0 Å². The van der Waals surface area contributed by atoms with E-state index in [0.717, 1.165) is 22.4 Å². The van der Waals surface area contributed by atoms with Gasteiger partial charge in [-0.1, -0.05) is 29.3 Å². The molecule has 2 aromatic heterocycles. The summed E-state index contributed by atoms with van der Waals surface area (Å²) in [7, 11) is 1.62. The number of aromatic nitrogens is 2. The molecule has 1 N–H and O–H groups in total. The molecule has 1 amide bonds. The number of amides is 1. The molecule has 0 spiro atoms. The van der Waals surface area contributed by atoms with Crippen molar-refractivity contribution >= 4 is 29.1 Å². The fraction of sp³-hybridized carbons (Fsp3) is 0.130. The number of aromatic amines is 1. The topological polar surface area (TPSA) is 71.4 Å². The predicted octanol–water partition coefficient (Wildman–Crippen LogP) is 5.73. The van der Waals surface area contributed by atoms with Gasteiger partial charge in [0.15, 0.2) is 0 Å². The van der Waals surface area contributed by atoms with Crippen LogP contribution in [0.2, 0.25) is 10.0 Å². The lowest BCUT2D eigenvalue weighted by molar-refractivity contribution is 0.0717. The molecule has 6 nitrogen and oxygen atoms in total. The third-order valence-corrected chi connectivity index (χ3v) is 5.95. The van der Waals surface area contributed by atoms with E-state index in [1.54, 1.807) is 36.5 Å². The van der Waals surface area contributed by atoms with E-state index in [4.69, 9.17) is 32.4 Å². The monoisotopic (exact) mass is 453 g/mol. The predicted molar refractivity (Wildman–Crippen MR) is 117 cm³/mol. The molecule has 156 valence electrons. The first kappa shape index (κ1) is 19.7. The van der Waals surface area contributed by atoms with Crippen molar-refractivity contribution in [3.05, 3.63) is 93.5 Å². The second kappa shape index (κ2) is 7.80. The Labute approximate surface area is 188 Å². The van der Waals surface area contributed by atoms with E-state index in [0.29, 0.717) is 33.7 Å². The summed E-state index contributed by atoms with van der Waals surface area (Å²) >= 11 is 12.7. The van der Waals surface area contributed by atoms with Crippen LogP contribution in [0.1, 0.15) is 33.4 Å². The summed E-state index contributed by atoms with van der Waals surface area (Å²) < 4.78 is 10.8. The Morgan fingerprint density at radius 2 is 1.97 bits per heavy atom. The van der Waals surface area contributed by atoms with Gasteiger partial charge in [-0.05, 0) is 54.1 Å². The van der Waals surface area contributed by atoms with E-state index in [1.807, 2.05) is 36.4 Å². The number of carbonyl (C=O) groups excluding carboxylic acids is 1. The second-order valence-corrected chi connectivity index (χ2v) is 8.01. The van der Waals surface area contributed by atoms with Gasteiger partial charge in [-0.2, -0.15) is 5.10 Å². The van der Waals surface area contributed by atoms with Crippen molar-refractivity contribution in [1.82, 2.24) is 15.1 Å². The number of halogens is 2. The molecule has 1 unspecified atom stereocenters. The summed E-state index contributed by atoms with van der Waals surface area (Å²) in [6, 6.07) is 16.0. The number of hydrogen-bond donors (Lipinski definition) is 1. The van der Waals surface area contributed by atoms with Gasteiger partial charge in [0.1, 0.15) is 17.2 Å². The summed E-state index contributed by atoms with van der Waals surface area (Å²) in [5.41, 5.74) is 3.52. The Hall–Kier alpha value is -3.22. The average molecular weight is 454 g/mol. The quantitative estimate of drug-likeness (QED) is 0.418. The average Bonchev–Trinajstić information content (AvgIpc) is 3.49. The lowest BCUT2D eigenvalue weighted by atomic mass is 9.96. The summed E-state index contributed by atoms with van der Waals surface area (Å²) in [5, 5.41) is 8.40. The maximum absolute atomic E-state index is 13.4. The highest BCUT2D eigenvalue weighted by atomic mass is 35.5. The van der Waals surface area contributed by atoms with Gasteiger partial charge in [0.05, 0.1) is 31.7 Å². The van der Waals surface area contributed by atoms with Gasteiger partial charge in [-0.3, -0.25) is 9.89 Å². The van der Waals surface area contributed by atoms with E-state index in [-0.39, 0.29) is 5.91 Å². The van der Waals surface area contributed by atoms with Crippen molar-refractivity contribution in [3.8, 4) is 17.0 Å². The van der Waals surface area contributed by atoms with Gasteiger partial charge in [0.25, 0.3) is 5.91 Å². The van der Waals surface area contributed by atoms with Crippen LogP contribution < -0.4 is 4.74 Å². The SMILES string of the molecule is COc1ccc(-c2n[nH]c3c2C(c2ccc(Cl)cc2Cl)N(Cc2ccco2)C3=O)cc1. The summed E-state index contributed by atoms with van der Waals surface area (Å²) in [6.07, 6.45) is 1.59. The summed E-state index contributed by atoms with van der Waals surface area (Å²) in [5.74, 6) is 1.24. The lowest BCUT2D eigenvalue weighted by Gasteiger charge is -2.26. The molecule has 0 radical (unpaired) electrons. The minimum Gasteiger partial charge on any atom is -0.497 e. The number of methoxy groups -OCH3 is 1. The van der Waals surface area contributed by atoms with Crippen molar-refractivity contribution < 1.29 is 13.9 Å². The fourth-order valence-electron chi connectivity index (χ4n) is 3.95. The highest BCUT2D eigenvalue weighted by Gasteiger charge is 2.43. The van der Waals surface area contributed by atoms with Crippen molar-refractivity contribution in [2.45, 2.75) is 12.6 Å². The molecule has 0 saturated carbocycles. The highest BCUT2D eigenvalue weighted by molar-refractivity contribution is 6.35. The Balaban J connectivity index is 1.66. The largest absolute Gasteiger partial charge is 0.497 e. The minimum atomic E-state index is -0.451. The third-order valence-electron chi connectivity index (χ3n) is 5.39. The first-order valence-corrected chi connectivity index (χ1v) is 10.3. The normalized spacial score (nSPS) is 15.4. The van der Waals surface area contributed by atoms with Gasteiger partial charge in [-0.15, -0.1) is 0 Å². The number of furan rings is 1. The van der Waals surface area contributed by atoms with Crippen LogP contribution in [0.5, 0.6) is 5.75 Å². The van der Waals surface area contributed by atoms with Gasteiger partial charge in [-0.25, -0.2) is 0 Å². The molecule has 1 atom stereocenters. The maximum atomic E-state index is 13.4. The van der Waals surface area contributed by atoms with E-state index < -0.39 is 6.04 Å². The Morgan fingerprint density at radius 1 is 1.16 bits per heavy atom. The van der Waals surface area contributed by atoms with Crippen LogP contribution in [-0.2, 0) is 6.54 Å². The zero-order valence-corrected chi connectivity index (χ0v) is 17.9. The molecule has 0 bridgehead atoms. The van der Waals surface area contributed by atoms with E-state index in [9.17, 15) is 4.79 Å². The lowest BCUT2D eigenvalue weighted by Crippen LogP contribution is -2.29. The molecule has 4 aromatic rings. The molecule has 0 fully saturated rings. The van der Waals surface area contributed by atoms with Crippen molar-refractivity contribution in [2.24, 2.45) is 0 Å². The molecule has 3 heterocycles. The molecule has 1 aliphatic heterocycles. The Morgan fingerprint density at radius 3 is 2.65 bits per heavy atom. The number of nitrogens with one attached hydrogen (secondary N) is 1. The fourth-order valence-corrected chi connectivity index (χ4v) is 4.46. The molecular weight excluding hydrogens is 437 g/mol. The van der Waals surface area contributed by atoms with Crippen LogP contribution in [0, 0.1) is 0 Å². The maximum Gasteiger partial charge on any atom is 0.273 e. The zero-order valence-electron chi connectivity index (χ0n) is 16.4. The third kappa shape index (κ3) is 3.38. The van der Waals surface area contributed by atoms with Crippen LogP contribution in [0.3, 0.4) is 0 Å². The van der Waals surface area contributed by atoms with Crippen LogP contribution in [0.25, 0.3) is 11.3 Å². The van der Waals surface area contributed by atoms with Crippen LogP contribution in [-0.4, -0.2) is 28.1 Å². The molecule has 0 aliphatic carbocycles. The summed E-state index contributed by atoms with van der Waals surface area (Å²) in [4.78, 5) is 15.1. The van der Waals surface area contributed by atoms with Crippen LogP contribution >= 0.6 is 23.2 Å². The number of carbonyl (C=O) groups is 1. The molecule has 5 rings (SSSR count). The highest BCUT2D eigenvalue weighted by Crippen LogP contribution is 2.45. The number of rotatable bonds is 5. The molecule has 8 heteroatoms.